The summed E-state index contributed by atoms with van der Waals surface area (Å²) in [7, 11) is 0. The molecule has 5 nitrogen and oxygen atoms in total. The van der Waals surface area contributed by atoms with Gasteiger partial charge in [-0.1, -0.05) is 0 Å². The van der Waals surface area contributed by atoms with Gasteiger partial charge in [-0.2, -0.15) is 0 Å². The van der Waals surface area contributed by atoms with Crippen LogP contribution >= 0.6 is 27.3 Å². The first-order valence-electron chi connectivity index (χ1n) is 5.93. The van der Waals surface area contributed by atoms with Gasteiger partial charge < -0.3 is 14.7 Å². The molecule has 0 bridgehead atoms. The van der Waals surface area contributed by atoms with Gasteiger partial charge in [0.1, 0.15) is 11.4 Å². The Morgan fingerprint density at radius 1 is 1.47 bits per heavy atom. The molecule has 1 aliphatic rings. The molecular formula is C12H14BrNO4S. The lowest BCUT2D eigenvalue weighted by molar-refractivity contribution is -0.138. The van der Waals surface area contributed by atoms with E-state index in [4.69, 9.17) is 9.84 Å². The molecule has 1 saturated heterocycles. The fraction of sp³-hybridized carbons (Fsp3) is 0.500. The SMILES string of the molecule is O=C(O)CN(C(=O)c1sccc1Br)C1CCOCC1. The van der Waals surface area contributed by atoms with Crippen molar-refractivity contribution in [2.45, 2.75) is 18.9 Å². The Morgan fingerprint density at radius 3 is 2.68 bits per heavy atom. The number of amides is 1. The Morgan fingerprint density at radius 2 is 2.16 bits per heavy atom. The third-order valence-electron chi connectivity index (χ3n) is 3.01. The second-order valence-electron chi connectivity index (χ2n) is 4.27. The van der Waals surface area contributed by atoms with Crippen molar-refractivity contribution in [1.82, 2.24) is 4.90 Å². The van der Waals surface area contributed by atoms with Crippen LogP contribution in [-0.4, -0.2) is 47.7 Å². The largest absolute Gasteiger partial charge is 0.480 e. The van der Waals surface area contributed by atoms with Crippen LogP contribution in [0.15, 0.2) is 15.9 Å². The number of carboxylic acids is 1. The molecule has 0 atom stereocenters. The van der Waals surface area contributed by atoms with E-state index in [-0.39, 0.29) is 18.5 Å². The van der Waals surface area contributed by atoms with Crippen LogP contribution in [0, 0.1) is 0 Å². The predicted molar refractivity (Wildman–Crippen MR) is 74.5 cm³/mol. The van der Waals surface area contributed by atoms with E-state index in [1.807, 2.05) is 0 Å². The van der Waals surface area contributed by atoms with E-state index in [0.29, 0.717) is 35.4 Å². The topological polar surface area (TPSA) is 66.8 Å². The lowest BCUT2D eigenvalue weighted by Crippen LogP contribution is -2.45. The van der Waals surface area contributed by atoms with Crippen LogP contribution < -0.4 is 0 Å². The molecule has 2 rings (SSSR count). The molecule has 0 aliphatic carbocycles. The Bertz CT molecular complexity index is 470. The summed E-state index contributed by atoms with van der Waals surface area (Å²) < 4.78 is 5.97. The second-order valence-corrected chi connectivity index (χ2v) is 6.04. The zero-order chi connectivity index (χ0) is 13.8. The molecule has 2 heterocycles. The summed E-state index contributed by atoms with van der Waals surface area (Å²) in [6, 6.07) is 1.73. The fourth-order valence-electron chi connectivity index (χ4n) is 2.09. The minimum Gasteiger partial charge on any atom is -0.480 e. The Balaban J connectivity index is 2.19. The van der Waals surface area contributed by atoms with Crippen LogP contribution in [-0.2, 0) is 9.53 Å². The first kappa shape index (κ1) is 14.5. The van der Waals surface area contributed by atoms with Gasteiger partial charge in [-0.05, 0) is 40.2 Å². The molecule has 1 N–H and O–H groups in total. The summed E-state index contributed by atoms with van der Waals surface area (Å²) in [4.78, 5) is 25.4. The molecule has 19 heavy (non-hydrogen) atoms. The van der Waals surface area contributed by atoms with Crippen molar-refractivity contribution < 1.29 is 19.4 Å². The van der Waals surface area contributed by atoms with Crippen LogP contribution in [0.25, 0.3) is 0 Å². The van der Waals surface area contributed by atoms with Crippen LogP contribution in [0.5, 0.6) is 0 Å². The summed E-state index contributed by atoms with van der Waals surface area (Å²) >= 11 is 4.63. The molecule has 1 aromatic rings. The summed E-state index contributed by atoms with van der Waals surface area (Å²) in [5.41, 5.74) is 0. The van der Waals surface area contributed by atoms with E-state index >= 15 is 0 Å². The molecular weight excluding hydrogens is 334 g/mol. The van der Waals surface area contributed by atoms with Crippen molar-refractivity contribution in [1.29, 1.82) is 0 Å². The normalized spacial score (nSPS) is 16.3. The zero-order valence-corrected chi connectivity index (χ0v) is 12.6. The average Bonchev–Trinajstić information content (AvgIpc) is 2.82. The monoisotopic (exact) mass is 347 g/mol. The lowest BCUT2D eigenvalue weighted by atomic mass is 10.1. The molecule has 1 aliphatic heterocycles. The number of ether oxygens (including phenoxy) is 1. The third-order valence-corrected chi connectivity index (χ3v) is 4.84. The number of carboxylic acid groups (broad SMARTS) is 1. The lowest BCUT2D eigenvalue weighted by Gasteiger charge is -2.33. The minimum atomic E-state index is -0.993. The number of thiophene rings is 1. The number of halogens is 1. The Kier molecular flexibility index (Phi) is 4.95. The summed E-state index contributed by atoms with van der Waals surface area (Å²) in [5, 5.41) is 10.8. The van der Waals surface area contributed by atoms with Gasteiger partial charge >= 0.3 is 5.97 Å². The van der Waals surface area contributed by atoms with Crippen molar-refractivity contribution >= 4 is 39.1 Å². The number of rotatable bonds is 4. The highest BCUT2D eigenvalue weighted by Gasteiger charge is 2.29. The van der Waals surface area contributed by atoms with Crippen LogP contribution in [0.3, 0.4) is 0 Å². The van der Waals surface area contributed by atoms with Crippen molar-refractivity contribution in [3.8, 4) is 0 Å². The molecule has 0 unspecified atom stereocenters. The zero-order valence-electron chi connectivity index (χ0n) is 10.2. The first-order chi connectivity index (χ1) is 9.09. The summed E-state index contributed by atoms with van der Waals surface area (Å²) in [6.45, 7) is 0.868. The second kappa shape index (κ2) is 6.49. The van der Waals surface area contributed by atoms with Crippen LogP contribution in [0.2, 0.25) is 0 Å². The average molecular weight is 348 g/mol. The van der Waals surface area contributed by atoms with E-state index in [2.05, 4.69) is 15.9 Å². The summed E-state index contributed by atoms with van der Waals surface area (Å²) in [6.07, 6.45) is 1.37. The summed E-state index contributed by atoms with van der Waals surface area (Å²) in [5.74, 6) is -1.22. The van der Waals surface area contributed by atoms with Gasteiger partial charge in [-0.25, -0.2) is 0 Å². The van der Waals surface area contributed by atoms with Crippen LogP contribution in [0.1, 0.15) is 22.5 Å². The van der Waals surface area contributed by atoms with E-state index in [0.717, 1.165) is 0 Å². The molecule has 7 heteroatoms. The fourth-order valence-corrected chi connectivity index (χ4v) is 3.58. The van der Waals surface area contributed by atoms with E-state index < -0.39 is 5.97 Å². The molecule has 104 valence electrons. The van der Waals surface area contributed by atoms with Gasteiger partial charge in [0.25, 0.3) is 5.91 Å². The number of hydrogen-bond donors (Lipinski definition) is 1. The predicted octanol–water partition coefficient (Wildman–Crippen LogP) is 2.22. The van der Waals surface area contributed by atoms with E-state index in [1.165, 1.54) is 16.2 Å². The number of aliphatic carboxylic acids is 1. The highest BCUT2D eigenvalue weighted by molar-refractivity contribution is 9.10. The highest BCUT2D eigenvalue weighted by Crippen LogP contribution is 2.26. The maximum atomic E-state index is 12.5. The van der Waals surface area contributed by atoms with Gasteiger partial charge in [0.05, 0.1) is 0 Å². The molecule has 1 aromatic heterocycles. The number of hydrogen-bond acceptors (Lipinski definition) is 4. The maximum Gasteiger partial charge on any atom is 0.323 e. The molecule has 1 amide bonds. The molecule has 0 aromatic carbocycles. The van der Waals surface area contributed by atoms with E-state index in [1.54, 1.807) is 11.4 Å². The molecule has 1 fully saturated rings. The van der Waals surface area contributed by atoms with Gasteiger partial charge in [-0.15, -0.1) is 11.3 Å². The molecule has 0 saturated carbocycles. The van der Waals surface area contributed by atoms with Gasteiger partial charge in [-0.3, -0.25) is 9.59 Å². The first-order valence-corrected chi connectivity index (χ1v) is 7.60. The highest BCUT2D eigenvalue weighted by atomic mass is 79.9. The maximum absolute atomic E-state index is 12.5. The Labute approximate surface area is 123 Å². The number of nitrogens with zero attached hydrogens (tertiary/aromatic N) is 1. The molecule has 0 spiro atoms. The van der Waals surface area contributed by atoms with Crippen molar-refractivity contribution in [2.24, 2.45) is 0 Å². The van der Waals surface area contributed by atoms with Gasteiger partial charge in [0.2, 0.25) is 0 Å². The van der Waals surface area contributed by atoms with Gasteiger partial charge in [0.15, 0.2) is 0 Å². The smallest absolute Gasteiger partial charge is 0.323 e. The number of carbonyl (C=O) groups excluding carboxylic acids is 1. The van der Waals surface area contributed by atoms with Crippen molar-refractivity contribution in [3.05, 3.63) is 20.8 Å². The van der Waals surface area contributed by atoms with Crippen molar-refractivity contribution in [2.75, 3.05) is 19.8 Å². The van der Waals surface area contributed by atoms with Crippen LogP contribution in [0.4, 0.5) is 0 Å². The number of carbonyl (C=O) groups is 2. The van der Waals surface area contributed by atoms with Gasteiger partial charge in [0, 0.05) is 23.7 Å². The van der Waals surface area contributed by atoms with E-state index in [9.17, 15) is 9.59 Å². The standard InChI is InChI=1S/C12H14BrNO4S/c13-9-3-6-19-11(9)12(17)14(7-10(15)16)8-1-4-18-5-2-8/h3,6,8H,1-2,4-5,7H2,(H,15,16). The Hall–Kier alpha value is -0.920. The minimum absolute atomic E-state index is 0.0636. The molecule has 0 radical (unpaired) electrons. The van der Waals surface area contributed by atoms with Crippen molar-refractivity contribution in [3.63, 3.8) is 0 Å². The third kappa shape index (κ3) is 3.55. The quantitative estimate of drug-likeness (QED) is 0.906.